The first-order chi connectivity index (χ1) is 31.4. The maximum atomic E-state index is 13.6. The molecule has 4 aromatic rings. The lowest BCUT2D eigenvalue weighted by atomic mass is 9.85. The lowest BCUT2D eigenvalue weighted by Crippen LogP contribution is -2.59. The van der Waals surface area contributed by atoms with Crippen LogP contribution in [0.4, 0.5) is 22.0 Å². The third-order valence-electron chi connectivity index (χ3n) is 14.4. The quantitative estimate of drug-likeness (QED) is 0.144. The Morgan fingerprint density at radius 1 is 1.02 bits per heavy atom. The van der Waals surface area contributed by atoms with E-state index in [0.717, 1.165) is 73.5 Å². The molecule has 2 aromatic heterocycles. The van der Waals surface area contributed by atoms with Gasteiger partial charge in [-0.15, -0.1) is 0 Å². The van der Waals surface area contributed by atoms with E-state index >= 15 is 0 Å². The molecular weight excluding hydrogens is 825 g/mol. The summed E-state index contributed by atoms with van der Waals surface area (Å²) in [7, 11) is 0. The van der Waals surface area contributed by atoms with Crippen molar-refractivity contribution in [1.82, 2.24) is 30.0 Å². The number of piperidine rings is 2. The molecule has 4 saturated heterocycles. The van der Waals surface area contributed by atoms with Crippen molar-refractivity contribution in [3.05, 3.63) is 83.7 Å². The molecular formula is C49H56N10O6. The van der Waals surface area contributed by atoms with Gasteiger partial charge in [0.1, 0.15) is 35.9 Å². The van der Waals surface area contributed by atoms with Crippen LogP contribution in [0, 0.1) is 17.2 Å². The zero-order chi connectivity index (χ0) is 45.1. The fourth-order valence-corrected chi connectivity index (χ4v) is 10.7. The van der Waals surface area contributed by atoms with E-state index in [1.54, 1.807) is 18.5 Å². The second kappa shape index (κ2) is 17.2. The molecule has 7 heterocycles. The van der Waals surface area contributed by atoms with Gasteiger partial charge in [-0.3, -0.25) is 34.5 Å². The third kappa shape index (κ3) is 8.20. The molecule has 5 atom stereocenters. The fourth-order valence-electron chi connectivity index (χ4n) is 10.7. The molecule has 5 amide bonds. The van der Waals surface area contributed by atoms with Crippen molar-refractivity contribution in [3.8, 4) is 11.8 Å². The number of hydrogen-bond acceptors (Lipinski definition) is 12. The van der Waals surface area contributed by atoms with Gasteiger partial charge >= 0.3 is 6.03 Å². The number of epoxide rings is 1. The molecule has 3 unspecified atom stereocenters. The van der Waals surface area contributed by atoms with Crippen molar-refractivity contribution >= 4 is 51.8 Å². The van der Waals surface area contributed by atoms with E-state index in [-0.39, 0.29) is 48.6 Å². The number of fused-ring (bicyclic) bond motifs is 4. The number of nitriles is 1. The lowest BCUT2D eigenvalue weighted by Gasteiger charge is -2.46. The Kier molecular flexibility index (Phi) is 11.3. The molecule has 0 radical (unpaired) electrons. The summed E-state index contributed by atoms with van der Waals surface area (Å²) in [5.41, 5.74) is 4.25. The smallest absolute Gasteiger partial charge is 0.322 e. The van der Waals surface area contributed by atoms with Crippen LogP contribution in [0.15, 0.2) is 67.0 Å². The van der Waals surface area contributed by atoms with Gasteiger partial charge in [0.15, 0.2) is 6.23 Å². The van der Waals surface area contributed by atoms with Gasteiger partial charge in [0.05, 0.1) is 23.0 Å². The van der Waals surface area contributed by atoms with Crippen LogP contribution in [0.25, 0.3) is 10.9 Å². The molecule has 2 aromatic carbocycles. The predicted molar refractivity (Wildman–Crippen MR) is 243 cm³/mol. The van der Waals surface area contributed by atoms with Crippen molar-refractivity contribution < 1.29 is 28.7 Å². The van der Waals surface area contributed by atoms with Crippen LogP contribution in [-0.2, 0) is 14.3 Å². The summed E-state index contributed by atoms with van der Waals surface area (Å²) in [6.07, 6.45) is 7.29. The van der Waals surface area contributed by atoms with Crippen LogP contribution in [0.3, 0.4) is 0 Å². The number of amides is 5. The summed E-state index contributed by atoms with van der Waals surface area (Å²) in [5.74, 6) is 1.21. The Morgan fingerprint density at radius 3 is 2.57 bits per heavy atom. The first-order valence-corrected chi connectivity index (χ1v) is 23.1. The van der Waals surface area contributed by atoms with Gasteiger partial charge in [-0.05, 0) is 107 Å². The largest absolute Gasteiger partial charge is 0.490 e. The molecule has 5 fully saturated rings. The normalized spacial score (nSPS) is 26.7. The van der Waals surface area contributed by atoms with Crippen LogP contribution in [-0.4, -0.2) is 124 Å². The first kappa shape index (κ1) is 42.6. The molecule has 16 nitrogen and oxygen atoms in total. The Balaban J connectivity index is 0.680. The summed E-state index contributed by atoms with van der Waals surface area (Å²) in [4.78, 5) is 71.3. The Morgan fingerprint density at radius 2 is 1.83 bits per heavy atom. The number of aromatic nitrogens is 2. The van der Waals surface area contributed by atoms with Crippen molar-refractivity contribution in [2.75, 3.05) is 47.8 Å². The molecule has 16 heteroatoms. The standard InChI is InChI=1S/C49H56N10O6/c1-28(2)56(34-20-36(21-34)64-35-9-10-37-39(22-35)45-48(65-45)59(47(37)62)41-12-14-43(60)54-46(41)61)27-31-15-18-55(19-16-31)42-13-8-33(24-52-42)53-49(63)58-26-29(3)57(25-30(58)4)40-11-7-32(23-50)44-38(40)6-5-17-51-44/h5-11,13,17,22,24,28-31,34,36,41,45,48H,12,14-16,18-21,25-27H2,1-4H3,(H,53,63)(H,54,60,61)/t29-,30+,34?,36?,41?,45?,48?/m0/s1. The van der Waals surface area contributed by atoms with E-state index in [0.29, 0.717) is 59.8 Å². The summed E-state index contributed by atoms with van der Waals surface area (Å²) in [6, 6.07) is 19.5. The average Bonchev–Trinajstić information content (AvgIpc) is 4.09. The minimum Gasteiger partial charge on any atom is -0.490 e. The van der Waals surface area contributed by atoms with Gasteiger partial charge in [-0.1, -0.05) is 0 Å². The second-order valence-electron chi connectivity index (χ2n) is 18.9. The van der Waals surface area contributed by atoms with E-state index in [2.05, 4.69) is 64.1 Å². The van der Waals surface area contributed by atoms with E-state index in [1.807, 2.05) is 53.4 Å². The maximum Gasteiger partial charge on any atom is 0.322 e. The Labute approximate surface area is 378 Å². The van der Waals surface area contributed by atoms with Crippen LogP contribution < -0.4 is 25.2 Å². The van der Waals surface area contributed by atoms with E-state index in [4.69, 9.17) is 14.5 Å². The van der Waals surface area contributed by atoms with Crippen LogP contribution in [0.1, 0.15) is 93.8 Å². The SMILES string of the molecule is CC(C)N(CC1CCN(c2ccc(NC(=O)N3C[C@H](C)N(c4ccc(C#N)c5ncccc45)C[C@H]3C)cn2)CC1)C1CC(Oc2ccc3c(c2)C2OC2N(C2CCC(=O)NC2=O)C3=O)C1. The van der Waals surface area contributed by atoms with Gasteiger partial charge < -0.3 is 29.5 Å². The highest BCUT2D eigenvalue weighted by atomic mass is 16.6. The third-order valence-corrected chi connectivity index (χ3v) is 14.4. The minimum atomic E-state index is -0.711. The molecule has 0 spiro atoms. The van der Waals surface area contributed by atoms with Crippen molar-refractivity contribution in [2.45, 2.75) is 115 Å². The van der Waals surface area contributed by atoms with Gasteiger partial charge in [0.25, 0.3) is 5.91 Å². The molecule has 1 saturated carbocycles. The molecule has 0 bridgehead atoms. The van der Waals surface area contributed by atoms with Gasteiger partial charge in [-0.25, -0.2) is 9.78 Å². The molecule has 6 aliphatic rings. The zero-order valence-electron chi connectivity index (χ0n) is 37.4. The molecule has 10 rings (SSSR count). The fraction of sp³-hybridized carbons (Fsp3) is 0.490. The molecule has 338 valence electrons. The highest BCUT2D eigenvalue weighted by molar-refractivity contribution is 6.05. The second-order valence-corrected chi connectivity index (χ2v) is 18.9. The van der Waals surface area contributed by atoms with E-state index in [9.17, 15) is 24.4 Å². The number of carbonyl (C=O) groups is 4. The zero-order valence-corrected chi connectivity index (χ0v) is 37.4. The van der Waals surface area contributed by atoms with Crippen molar-refractivity contribution in [3.63, 3.8) is 0 Å². The highest BCUT2D eigenvalue weighted by Gasteiger charge is 2.56. The van der Waals surface area contributed by atoms with Crippen LogP contribution in [0.2, 0.25) is 0 Å². The minimum absolute atomic E-state index is 0.0484. The predicted octanol–water partition coefficient (Wildman–Crippen LogP) is 5.83. The lowest BCUT2D eigenvalue weighted by molar-refractivity contribution is -0.137. The number of imide groups is 1. The number of benzene rings is 2. The highest BCUT2D eigenvalue weighted by Crippen LogP contribution is 2.49. The monoisotopic (exact) mass is 880 g/mol. The van der Waals surface area contributed by atoms with Gasteiger partial charge in [0, 0.05) is 105 Å². The number of urea groups is 1. The number of nitrogens with zero attached hydrogens (tertiary/aromatic N) is 8. The number of carbonyl (C=O) groups excluding carboxylic acids is 4. The molecule has 5 aliphatic heterocycles. The van der Waals surface area contributed by atoms with Crippen molar-refractivity contribution in [2.24, 2.45) is 5.92 Å². The topological polar surface area (TPSA) is 180 Å². The maximum absolute atomic E-state index is 13.6. The summed E-state index contributed by atoms with van der Waals surface area (Å²) in [5, 5.41) is 16.0. The number of anilines is 3. The number of rotatable bonds is 10. The summed E-state index contributed by atoms with van der Waals surface area (Å²) >= 11 is 0. The molecule has 65 heavy (non-hydrogen) atoms. The molecule has 2 N–H and O–H groups in total. The number of pyridine rings is 2. The van der Waals surface area contributed by atoms with Crippen LogP contribution in [0.5, 0.6) is 5.75 Å². The number of nitrogens with one attached hydrogen (secondary N) is 2. The van der Waals surface area contributed by atoms with Gasteiger partial charge in [0.2, 0.25) is 11.8 Å². The van der Waals surface area contributed by atoms with Gasteiger partial charge in [-0.2, -0.15) is 5.26 Å². The summed E-state index contributed by atoms with van der Waals surface area (Å²) in [6.45, 7) is 12.8. The van der Waals surface area contributed by atoms with Crippen LogP contribution >= 0.6 is 0 Å². The van der Waals surface area contributed by atoms with E-state index < -0.39 is 18.2 Å². The average molecular weight is 881 g/mol. The number of hydrogen-bond donors (Lipinski definition) is 2. The molecule has 1 aliphatic carbocycles. The Bertz CT molecular complexity index is 2550. The van der Waals surface area contributed by atoms with Crippen molar-refractivity contribution in [1.29, 1.82) is 5.26 Å². The Hall–Kier alpha value is -6.31. The first-order valence-electron chi connectivity index (χ1n) is 23.1. The number of ether oxygens (including phenoxy) is 2. The number of piperazine rings is 1. The van der Waals surface area contributed by atoms with E-state index in [1.165, 1.54) is 4.90 Å². The summed E-state index contributed by atoms with van der Waals surface area (Å²) < 4.78 is 12.4.